The molecule has 1 saturated heterocycles. The summed E-state index contributed by atoms with van der Waals surface area (Å²) in [5.41, 5.74) is 5.22. The summed E-state index contributed by atoms with van der Waals surface area (Å²) in [5.74, 6) is -3.99. The molecule has 0 radical (unpaired) electrons. The van der Waals surface area contributed by atoms with Crippen molar-refractivity contribution in [2.45, 2.75) is 18.6 Å². The molecule has 0 aliphatic carbocycles. The predicted octanol–water partition coefficient (Wildman–Crippen LogP) is 0.187. The van der Waals surface area contributed by atoms with Gasteiger partial charge in [-0.15, -0.1) is 0 Å². The van der Waals surface area contributed by atoms with Crippen LogP contribution in [0.15, 0.2) is 0 Å². The Hall–Kier alpha value is -0.760. The Morgan fingerprint density at radius 2 is 2.13 bits per heavy atom. The van der Waals surface area contributed by atoms with Crippen molar-refractivity contribution in [1.29, 1.82) is 5.41 Å². The molecule has 1 aliphatic heterocycles. The smallest absolute Gasteiger partial charge is 0.350 e. The number of alkyl halides is 2. The standard InChI is InChI=1S/C7H13F2N3O2S/c8-7(9)15(13,14)12-3-1-2-5(4-12)6(10)11/h5,7H,1-4H2,(H3,10,11). The average molecular weight is 241 g/mol. The van der Waals surface area contributed by atoms with Crippen LogP contribution in [0.3, 0.4) is 0 Å². The highest BCUT2D eigenvalue weighted by Gasteiger charge is 2.36. The topological polar surface area (TPSA) is 87.2 Å². The number of nitrogens with two attached hydrogens (primary N) is 1. The third kappa shape index (κ3) is 2.63. The third-order valence-corrected chi connectivity index (χ3v) is 3.91. The molecule has 0 saturated carbocycles. The molecule has 1 fully saturated rings. The van der Waals surface area contributed by atoms with Crippen LogP contribution in [0.1, 0.15) is 12.8 Å². The van der Waals surface area contributed by atoms with Crippen molar-refractivity contribution < 1.29 is 17.2 Å². The van der Waals surface area contributed by atoms with Crippen LogP contribution in [0.25, 0.3) is 0 Å². The van der Waals surface area contributed by atoms with Crippen molar-refractivity contribution in [3.05, 3.63) is 0 Å². The molecule has 0 aromatic heterocycles. The van der Waals surface area contributed by atoms with Gasteiger partial charge in [0.25, 0.3) is 10.0 Å². The second-order valence-electron chi connectivity index (χ2n) is 3.46. The first-order valence-electron chi connectivity index (χ1n) is 4.46. The average Bonchev–Trinajstić information content (AvgIpc) is 2.17. The molecule has 0 amide bonds. The van der Waals surface area contributed by atoms with Crippen LogP contribution >= 0.6 is 0 Å². The number of piperidine rings is 1. The molecular weight excluding hydrogens is 228 g/mol. The van der Waals surface area contributed by atoms with E-state index in [-0.39, 0.29) is 18.9 Å². The first-order valence-corrected chi connectivity index (χ1v) is 5.97. The Bertz CT molecular complexity index is 344. The maximum Gasteiger partial charge on any atom is 0.350 e. The van der Waals surface area contributed by atoms with Gasteiger partial charge >= 0.3 is 5.76 Å². The first kappa shape index (κ1) is 12.3. The molecule has 0 aromatic rings. The lowest BCUT2D eigenvalue weighted by molar-refractivity contribution is 0.209. The summed E-state index contributed by atoms with van der Waals surface area (Å²) in [6.07, 6.45) is 1.03. The van der Waals surface area contributed by atoms with Crippen LogP contribution in [-0.2, 0) is 10.0 Å². The van der Waals surface area contributed by atoms with Crippen LogP contribution < -0.4 is 5.73 Å². The van der Waals surface area contributed by atoms with Gasteiger partial charge in [0, 0.05) is 19.0 Å². The molecule has 5 nitrogen and oxygen atoms in total. The van der Waals surface area contributed by atoms with E-state index in [1.165, 1.54) is 0 Å². The molecule has 0 spiro atoms. The van der Waals surface area contributed by atoms with Crippen molar-refractivity contribution in [2.24, 2.45) is 11.7 Å². The molecule has 3 N–H and O–H groups in total. The van der Waals surface area contributed by atoms with E-state index in [1.807, 2.05) is 0 Å². The lowest BCUT2D eigenvalue weighted by Crippen LogP contribution is -2.45. The van der Waals surface area contributed by atoms with Gasteiger partial charge in [0.05, 0.1) is 5.84 Å². The third-order valence-electron chi connectivity index (χ3n) is 2.41. The van der Waals surface area contributed by atoms with E-state index < -0.39 is 21.7 Å². The van der Waals surface area contributed by atoms with E-state index in [4.69, 9.17) is 11.1 Å². The minimum Gasteiger partial charge on any atom is -0.387 e. The highest BCUT2D eigenvalue weighted by atomic mass is 32.2. The highest BCUT2D eigenvalue weighted by Crippen LogP contribution is 2.22. The van der Waals surface area contributed by atoms with Gasteiger partial charge < -0.3 is 5.73 Å². The molecule has 1 unspecified atom stereocenters. The van der Waals surface area contributed by atoms with Crippen molar-refractivity contribution in [1.82, 2.24) is 4.31 Å². The first-order chi connectivity index (χ1) is 6.85. The Labute approximate surface area is 86.8 Å². The fraction of sp³-hybridized carbons (Fsp3) is 0.857. The molecular formula is C7H13F2N3O2S. The summed E-state index contributed by atoms with van der Waals surface area (Å²) in [6.45, 7) is -0.0293. The molecule has 1 aliphatic rings. The summed E-state index contributed by atoms with van der Waals surface area (Å²) < 4.78 is 47.4. The summed E-state index contributed by atoms with van der Waals surface area (Å²) in [6, 6.07) is 0. The zero-order valence-electron chi connectivity index (χ0n) is 7.99. The number of nitrogens with one attached hydrogen (secondary N) is 1. The van der Waals surface area contributed by atoms with Crippen LogP contribution in [0.4, 0.5) is 8.78 Å². The molecule has 8 heteroatoms. The lowest BCUT2D eigenvalue weighted by Gasteiger charge is -2.30. The van der Waals surface area contributed by atoms with Gasteiger partial charge in [-0.2, -0.15) is 13.1 Å². The Morgan fingerprint density at radius 3 is 2.60 bits per heavy atom. The van der Waals surface area contributed by atoms with Gasteiger partial charge in [-0.1, -0.05) is 0 Å². The second-order valence-corrected chi connectivity index (χ2v) is 5.36. The number of rotatable bonds is 3. The summed E-state index contributed by atoms with van der Waals surface area (Å²) in [7, 11) is -4.52. The number of sulfonamides is 1. The van der Waals surface area contributed by atoms with Gasteiger partial charge in [0.1, 0.15) is 0 Å². The number of nitrogens with zero attached hydrogens (tertiary/aromatic N) is 1. The molecule has 88 valence electrons. The molecule has 0 bridgehead atoms. The van der Waals surface area contributed by atoms with E-state index in [1.54, 1.807) is 0 Å². The van der Waals surface area contributed by atoms with E-state index in [0.717, 1.165) is 0 Å². The fourth-order valence-electron chi connectivity index (χ4n) is 1.54. The molecule has 1 rings (SSSR count). The van der Waals surface area contributed by atoms with Gasteiger partial charge in [-0.05, 0) is 12.8 Å². The second kappa shape index (κ2) is 4.40. The highest BCUT2D eigenvalue weighted by molar-refractivity contribution is 7.89. The molecule has 15 heavy (non-hydrogen) atoms. The summed E-state index contributed by atoms with van der Waals surface area (Å²) >= 11 is 0. The molecule has 1 atom stereocenters. The fourth-order valence-corrected chi connectivity index (χ4v) is 2.54. The lowest BCUT2D eigenvalue weighted by atomic mass is 9.99. The van der Waals surface area contributed by atoms with Gasteiger partial charge in [0.15, 0.2) is 0 Å². The Morgan fingerprint density at radius 1 is 1.53 bits per heavy atom. The van der Waals surface area contributed by atoms with E-state index in [9.17, 15) is 17.2 Å². The van der Waals surface area contributed by atoms with Crippen molar-refractivity contribution >= 4 is 15.9 Å². The summed E-state index contributed by atoms with van der Waals surface area (Å²) in [5, 5.41) is 7.16. The normalized spacial score (nSPS) is 24.3. The summed E-state index contributed by atoms with van der Waals surface area (Å²) in [4.78, 5) is 0. The van der Waals surface area contributed by atoms with Crippen molar-refractivity contribution in [3.63, 3.8) is 0 Å². The van der Waals surface area contributed by atoms with Crippen LogP contribution in [0.2, 0.25) is 0 Å². The van der Waals surface area contributed by atoms with E-state index >= 15 is 0 Å². The predicted molar refractivity (Wildman–Crippen MR) is 51.1 cm³/mol. The Balaban J connectivity index is 2.77. The molecule has 0 aromatic carbocycles. The molecule has 1 heterocycles. The zero-order chi connectivity index (χ0) is 11.6. The van der Waals surface area contributed by atoms with E-state index in [2.05, 4.69) is 0 Å². The SMILES string of the molecule is N=C(N)C1CCCN(S(=O)(=O)C(F)F)C1. The van der Waals surface area contributed by atoms with E-state index in [0.29, 0.717) is 17.1 Å². The largest absolute Gasteiger partial charge is 0.387 e. The quantitative estimate of drug-likeness (QED) is 0.546. The maximum absolute atomic E-state index is 12.2. The Kier molecular flexibility index (Phi) is 3.61. The monoisotopic (exact) mass is 241 g/mol. The van der Waals surface area contributed by atoms with Crippen LogP contribution in [-0.4, -0.2) is 37.4 Å². The van der Waals surface area contributed by atoms with Gasteiger partial charge in [-0.3, -0.25) is 5.41 Å². The maximum atomic E-state index is 12.2. The van der Waals surface area contributed by atoms with Crippen molar-refractivity contribution in [3.8, 4) is 0 Å². The number of hydrogen-bond acceptors (Lipinski definition) is 3. The number of amidine groups is 1. The minimum atomic E-state index is -4.52. The van der Waals surface area contributed by atoms with Gasteiger partial charge in [0.2, 0.25) is 0 Å². The van der Waals surface area contributed by atoms with Crippen molar-refractivity contribution in [2.75, 3.05) is 13.1 Å². The van der Waals surface area contributed by atoms with Crippen LogP contribution in [0, 0.1) is 11.3 Å². The minimum absolute atomic E-state index is 0.0798. The van der Waals surface area contributed by atoms with Gasteiger partial charge in [-0.25, -0.2) is 8.42 Å². The zero-order valence-corrected chi connectivity index (χ0v) is 8.80. The number of hydrogen-bond donors (Lipinski definition) is 2. The van der Waals surface area contributed by atoms with Crippen LogP contribution in [0.5, 0.6) is 0 Å². The number of halogens is 2.